The molecule has 0 bridgehead atoms. The van der Waals surface area contributed by atoms with Crippen LogP contribution in [0.5, 0.6) is 0 Å². The van der Waals surface area contributed by atoms with Gasteiger partial charge in [0.15, 0.2) is 12.1 Å². The van der Waals surface area contributed by atoms with Crippen molar-refractivity contribution in [3.05, 3.63) is 0 Å². The van der Waals surface area contributed by atoms with Crippen LogP contribution >= 0.6 is 0 Å². The van der Waals surface area contributed by atoms with Gasteiger partial charge in [-0.2, -0.15) is 0 Å². The van der Waals surface area contributed by atoms with Gasteiger partial charge in [0, 0.05) is 31.5 Å². The Morgan fingerprint density at radius 2 is 1.63 bits per heavy atom. The average molecular weight is 663 g/mol. The third kappa shape index (κ3) is 13.1. The van der Waals surface area contributed by atoms with Crippen LogP contribution in [0, 0.1) is 17.3 Å². The number of ketones is 1. The van der Waals surface area contributed by atoms with Gasteiger partial charge in [0.1, 0.15) is 18.1 Å². The number of nitrogens with one attached hydrogen (secondary N) is 1. The zero-order valence-corrected chi connectivity index (χ0v) is 31.8. The number of aliphatic hydroxyl groups excluding tert-OH is 1. The summed E-state index contributed by atoms with van der Waals surface area (Å²) in [6, 6.07) is -0.585. The van der Waals surface area contributed by atoms with Crippen molar-refractivity contribution in [1.29, 1.82) is 0 Å². The number of carbonyl (C=O) groups is 3. The van der Waals surface area contributed by atoms with Crippen LogP contribution in [0.1, 0.15) is 115 Å². The third-order valence-corrected chi connectivity index (χ3v) is 8.83. The summed E-state index contributed by atoms with van der Waals surface area (Å²) >= 11 is 0. The third-order valence-electron chi connectivity index (χ3n) is 8.83. The fraction of sp³-hybridized carbons (Fsp3) is 0.914. The Morgan fingerprint density at radius 3 is 2.11 bits per heavy atom. The highest BCUT2D eigenvalue weighted by molar-refractivity contribution is 6.04. The molecule has 2 aliphatic heterocycles. The lowest BCUT2D eigenvalue weighted by Crippen LogP contribution is -2.59. The number of carbonyl (C=O) groups excluding carboxylic acids is 2. The predicted octanol–water partition coefficient (Wildman–Crippen LogP) is 5.31. The second-order valence-corrected chi connectivity index (χ2v) is 12.4. The summed E-state index contributed by atoms with van der Waals surface area (Å²) in [6.07, 6.45) is -1.50. The molecule has 0 aliphatic carbocycles. The Bertz CT molecular complexity index is 873. The van der Waals surface area contributed by atoms with E-state index in [-0.39, 0.29) is 55.8 Å². The van der Waals surface area contributed by atoms with Gasteiger partial charge in [-0.3, -0.25) is 14.4 Å². The van der Waals surface area contributed by atoms with Crippen molar-refractivity contribution in [2.75, 3.05) is 34.4 Å². The second-order valence-electron chi connectivity index (χ2n) is 12.4. The zero-order chi connectivity index (χ0) is 36.4. The number of nitrogens with zero attached hydrogens (tertiary/aromatic N) is 1. The fourth-order valence-electron chi connectivity index (χ4n) is 5.97. The lowest BCUT2D eigenvalue weighted by atomic mass is 9.72. The number of aliphatic hydroxyl groups is 1. The summed E-state index contributed by atoms with van der Waals surface area (Å²) in [5.74, 6) is -2.73. The van der Waals surface area contributed by atoms with Crippen LogP contribution in [-0.4, -0.2) is 109 Å². The van der Waals surface area contributed by atoms with Crippen molar-refractivity contribution < 1.29 is 43.5 Å². The number of methoxy groups -OCH3 is 1. The largest absolute Gasteiger partial charge is 0.481 e. The number of ether oxygens (including phenoxy) is 4. The van der Waals surface area contributed by atoms with Crippen molar-refractivity contribution in [1.82, 2.24) is 10.2 Å². The first-order chi connectivity index (χ1) is 21.6. The molecule has 3 unspecified atom stereocenters. The molecule has 0 amide bonds. The molecule has 0 spiro atoms. The highest BCUT2D eigenvalue weighted by Gasteiger charge is 2.52. The Labute approximate surface area is 280 Å². The topological polar surface area (TPSA) is 144 Å². The van der Waals surface area contributed by atoms with Crippen LogP contribution in [0.4, 0.5) is 0 Å². The van der Waals surface area contributed by atoms with Gasteiger partial charge >= 0.3 is 11.9 Å². The van der Waals surface area contributed by atoms with Crippen LogP contribution in [-0.2, 0) is 33.3 Å². The van der Waals surface area contributed by atoms with Crippen molar-refractivity contribution in [3.63, 3.8) is 0 Å². The molecule has 0 aromatic rings. The maximum atomic E-state index is 14.1. The lowest BCUT2D eigenvalue weighted by molar-refractivity contribution is -0.295. The summed E-state index contributed by atoms with van der Waals surface area (Å²) in [6.45, 7) is 23.4. The van der Waals surface area contributed by atoms with E-state index >= 15 is 0 Å². The number of cyclic esters (lactones) is 1. The summed E-state index contributed by atoms with van der Waals surface area (Å²) in [7, 11) is 5.35. The SMILES string of the molecule is CC.CC.CC.CC[C@]1(C)C(=O)OC[C@@H](CCC(=O)O)NC[C@H](C)C[C@@](C)(OC)[C@H](OC2OC(C)CC(N(C)C)[C@H]2O)[C@@H](C)C1=O. The van der Waals surface area contributed by atoms with Gasteiger partial charge in [-0.05, 0) is 73.0 Å². The summed E-state index contributed by atoms with van der Waals surface area (Å²) in [5.41, 5.74) is -2.45. The van der Waals surface area contributed by atoms with Crippen molar-refractivity contribution in [2.45, 2.75) is 157 Å². The van der Waals surface area contributed by atoms with Gasteiger partial charge in [0.05, 0.1) is 17.8 Å². The molecule has 2 heterocycles. The number of esters is 1. The van der Waals surface area contributed by atoms with Crippen LogP contribution in [0.15, 0.2) is 0 Å². The zero-order valence-electron chi connectivity index (χ0n) is 31.8. The maximum absolute atomic E-state index is 14.1. The molecule has 2 saturated heterocycles. The molecule has 11 heteroatoms. The van der Waals surface area contributed by atoms with Crippen LogP contribution in [0.25, 0.3) is 0 Å². The molecular formula is C35H70N2O9. The summed E-state index contributed by atoms with van der Waals surface area (Å²) in [5, 5.41) is 23.7. The number of Topliss-reactive ketones (excluding diaryl/α,β-unsaturated/α-hetero) is 1. The molecule has 2 rings (SSSR count). The van der Waals surface area contributed by atoms with Gasteiger partial charge < -0.3 is 39.4 Å². The van der Waals surface area contributed by atoms with Gasteiger partial charge in [-0.15, -0.1) is 0 Å². The van der Waals surface area contributed by atoms with E-state index in [4.69, 9.17) is 18.9 Å². The number of rotatable bonds is 8. The molecule has 11 nitrogen and oxygen atoms in total. The van der Waals surface area contributed by atoms with Gasteiger partial charge in [-0.25, -0.2) is 0 Å². The molecule has 0 aromatic carbocycles. The molecule has 10 atom stereocenters. The maximum Gasteiger partial charge on any atom is 0.319 e. The molecule has 2 fully saturated rings. The number of hydrogen-bond donors (Lipinski definition) is 3. The number of aliphatic carboxylic acids is 1. The highest BCUT2D eigenvalue weighted by atomic mass is 16.7. The number of carboxylic acids is 1. The normalized spacial score (nSPS) is 35.7. The van der Waals surface area contributed by atoms with E-state index in [0.717, 1.165) is 0 Å². The van der Waals surface area contributed by atoms with Crippen LogP contribution in [0.3, 0.4) is 0 Å². The minimum atomic E-state index is -1.46. The molecule has 274 valence electrons. The first-order valence-electron chi connectivity index (χ1n) is 17.5. The van der Waals surface area contributed by atoms with Crippen LogP contribution < -0.4 is 5.32 Å². The molecule has 0 saturated carbocycles. The van der Waals surface area contributed by atoms with Gasteiger partial charge in [0.2, 0.25) is 0 Å². The average Bonchev–Trinajstić information content (AvgIpc) is 3.05. The van der Waals surface area contributed by atoms with E-state index in [1.165, 1.54) is 0 Å². The number of hydrogen-bond acceptors (Lipinski definition) is 10. The molecule has 46 heavy (non-hydrogen) atoms. The van der Waals surface area contributed by atoms with E-state index in [1.54, 1.807) is 27.9 Å². The summed E-state index contributed by atoms with van der Waals surface area (Å²) < 4.78 is 24.3. The Hall–Kier alpha value is -1.63. The minimum absolute atomic E-state index is 0.0188. The highest BCUT2D eigenvalue weighted by Crippen LogP contribution is 2.39. The lowest BCUT2D eigenvalue weighted by Gasteiger charge is -2.47. The Balaban J connectivity index is 0. The standard InChI is InChI=1S/C29H52N2O9.3C2H6/c1-10-28(5)24(35)19(4)25(40-26-23(34)21(31(7)8)13-18(3)39-26)29(6,37-9)14-17(2)15-30-20(11-12-22(32)33)16-38-27(28)36;3*1-2/h17-21,23,25-26,30,34H,10-16H2,1-9H3,(H,32,33);3*1-2H3/t17-,18?,19+,20-,21?,23-,25-,26?,28+,29-;;;/m1.../s1. The van der Waals surface area contributed by atoms with Crippen molar-refractivity contribution in [2.24, 2.45) is 17.3 Å². The Morgan fingerprint density at radius 1 is 1.07 bits per heavy atom. The van der Waals surface area contributed by atoms with E-state index in [1.807, 2.05) is 81.3 Å². The quantitative estimate of drug-likeness (QED) is 0.230. The smallest absolute Gasteiger partial charge is 0.319 e. The number of carboxylic acid groups (broad SMARTS) is 1. The molecular weight excluding hydrogens is 592 g/mol. The fourth-order valence-corrected chi connectivity index (χ4v) is 5.97. The van der Waals surface area contributed by atoms with E-state index in [9.17, 15) is 24.6 Å². The van der Waals surface area contributed by atoms with E-state index in [0.29, 0.717) is 19.4 Å². The Kier molecular flexibility index (Phi) is 23.1. The first-order valence-corrected chi connectivity index (χ1v) is 17.5. The van der Waals surface area contributed by atoms with E-state index in [2.05, 4.69) is 5.32 Å². The predicted molar refractivity (Wildman–Crippen MR) is 183 cm³/mol. The molecule has 0 radical (unpaired) electrons. The second kappa shape index (κ2) is 22.9. The van der Waals surface area contributed by atoms with Crippen molar-refractivity contribution >= 4 is 17.7 Å². The van der Waals surface area contributed by atoms with E-state index < -0.39 is 47.4 Å². The number of likely N-dealkylation sites (N-methyl/N-ethyl adjacent to an activating group) is 1. The molecule has 2 aliphatic rings. The van der Waals surface area contributed by atoms with Gasteiger partial charge in [0.25, 0.3) is 0 Å². The van der Waals surface area contributed by atoms with Crippen molar-refractivity contribution in [3.8, 4) is 0 Å². The monoisotopic (exact) mass is 663 g/mol. The minimum Gasteiger partial charge on any atom is -0.481 e. The van der Waals surface area contributed by atoms with Gasteiger partial charge in [-0.1, -0.05) is 62.3 Å². The summed E-state index contributed by atoms with van der Waals surface area (Å²) in [4.78, 5) is 40.6. The van der Waals surface area contributed by atoms with Crippen LogP contribution in [0.2, 0.25) is 0 Å². The molecule has 3 N–H and O–H groups in total. The first kappa shape index (κ1) is 46.5. The molecule has 0 aromatic heterocycles.